The molecule has 0 radical (unpaired) electrons. The Bertz CT molecular complexity index is 402. The maximum Gasteiger partial charge on any atom is 0.233 e. The van der Waals surface area contributed by atoms with E-state index in [1.54, 1.807) is 19.5 Å². The highest BCUT2D eigenvalue weighted by atomic mass is 16.5. The molecule has 0 saturated heterocycles. The lowest BCUT2D eigenvalue weighted by Crippen LogP contribution is -1.90. The lowest BCUT2D eigenvalue weighted by molar-refractivity contribution is 0.393. The van der Waals surface area contributed by atoms with E-state index in [0.29, 0.717) is 5.88 Å². The fraction of sp³-hybridized carbons (Fsp3) is 0.125. The third-order valence-corrected chi connectivity index (χ3v) is 1.58. The van der Waals surface area contributed by atoms with Crippen molar-refractivity contribution in [2.24, 2.45) is 0 Å². The second-order valence-corrected chi connectivity index (χ2v) is 2.32. The van der Waals surface area contributed by atoms with Crippen molar-refractivity contribution in [3.05, 3.63) is 24.5 Å². The van der Waals surface area contributed by atoms with Crippen LogP contribution in [0.25, 0.3) is 10.9 Å². The molecule has 0 bridgehead atoms. The first-order valence-corrected chi connectivity index (χ1v) is 3.51. The van der Waals surface area contributed by atoms with Crippen molar-refractivity contribution >= 4 is 10.9 Å². The number of pyridine rings is 1. The van der Waals surface area contributed by atoms with Crippen LogP contribution in [0, 0.1) is 0 Å². The van der Waals surface area contributed by atoms with Crippen LogP contribution in [0.15, 0.2) is 24.5 Å². The summed E-state index contributed by atoms with van der Waals surface area (Å²) in [6.07, 6.45) is 3.38. The van der Waals surface area contributed by atoms with E-state index < -0.39 is 0 Å². The van der Waals surface area contributed by atoms with Crippen LogP contribution in [0.4, 0.5) is 0 Å². The molecule has 0 aliphatic carbocycles. The van der Waals surface area contributed by atoms with E-state index in [2.05, 4.69) is 15.2 Å². The summed E-state index contributed by atoms with van der Waals surface area (Å²) in [6.45, 7) is 0. The van der Waals surface area contributed by atoms with E-state index >= 15 is 0 Å². The molecule has 0 saturated carbocycles. The van der Waals surface area contributed by atoms with Crippen LogP contribution in [0.3, 0.4) is 0 Å². The van der Waals surface area contributed by atoms with E-state index in [4.69, 9.17) is 4.74 Å². The molecule has 0 amide bonds. The van der Waals surface area contributed by atoms with E-state index in [0.717, 1.165) is 10.9 Å². The molecule has 0 aliphatic heterocycles. The maximum atomic E-state index is 4.93. The monoisotopic (exact) mass is 161 g/mol. The van der Waals surface area contributed by atoms with Gasteiger partial charge in [0, 0.05) is 17.6 Å². The molecule has 0 N–H and O–H groups in total. The largest absolute Gasteiger partial charge is 0.480 e. The van der Waals surface area contributed by atoms with Gasteiger partial charge >= 0.3 is 0 Å². The average molecular weight is 161 g/mol. The van der Waals surface area contributed by atoms with Gasteiger partial charge in [0.25, 0.3) is 0 Å². The summed E-state index contributed by atoms with van der Waals surface area (Å²) in [5, 5.41) is 8.71. The van der Waals surface area contributed by atoms with Gasteiger partial charge in [0.1, 0.15) is 5.52 Å². The average Bonchev–Trinajstić information content (AvgIpc) is 2.17. The van der Waals surface area contributed by atoms with Gasteiger partial charge in [0.2, 0.25) is 5.88 Å². The number of ether oxygens (including phenoxy) is 1. The molecule has 60 valence electrons. The van der Waals surface area contributed by atoms with Gasteiger partial charge in [0.15, 0.2) is 0 Å². The normalized spacial score (nSPS) is 10.1. The molecular weight excluding hydrogens is 154 g/mol. The van der Waals surface area contributed by atoms with Crippen molar-refractivity contribution in [3.63, 3.8) is 0 Å². The van der Waals surface area contributed by atoms with Crippen LogP contribution in [-0.4, -0.2) is 22.3 Å². The van der Waals surface area contributed by atoms with Crippen molar-refractivity contribution in [1.29, 1.82) is 0 Å². The lowest BCUT2D eigenvalue weighted by Gasteiger charge is -1.97. The Morgan fingerprint density at radius 2 is 2.25 bits per heavy atom. The standard InChI is InChI=1S/C8H7N3O/c1-12-8-4-6-2-3-9-5-7(6)10-11-8/h2-5H,1H3. The summed E-state index contributed by atoms with van der Waals surface area (Å²) in [4.78, 5) is 3.93. The zero-order valence-electron chi connectivity index (χ0n) is 6.56. The Hall–Kier alpha value is -1.71. The number of methoxy groups -OCH3 is 1. The van der Waals surface area contributed by atoms with Gasteiger partial charge in [-0.05, 0) is 6.07 Å². The smallest absolute Gasteiger partial charge is 0.233 e. The molecule has 4 nitrogen and oxygen atoms in total. The zero-order valence-corrected chi connectivity index (χ0v) is 6.56. The fourth-order valence-corrected chi connectivity index (χ4v) is 0.967. The molecule has 2 aromatic heterocycles. The van der Waals surface area contributed by atoms with Gasteiger partial charge in [-0.2, -0.15) is 0 Å². The van der Waals surface area contributed by atoms with Gasteiger partial charge < -0.3 is 4.74 Å². The Balaban J connectivity index is 2.67. The number of hydrogen-bond donors (Lipinski definition) is 0. The van der Waals surface area contributed by atoms with E-state index in [9.17, 15) is 0 Å². The van der Waals surface area contributed by atoms with Crippen LogP contribution in [0.1, 0.15) is 0 Å². The van der Waals surface area contributed by atoms with Gasteiger partial charge in [-0.3, -0.25) is 4.98 Å². The summed E-state index contributed by atoms with van der Waals surface area (Å²) < 4.78 is 4.93. The van der Waals surface area contributed by atoms with E-state index in [1.165, 1.54) is 0 Å². The number of rotatable bonds is 1. The predicted molar refractivity (Wildman–Crippen MR) is 43.9 cm³/mol. The third-order valence-electron chi connectivity index (χ3n) is 1.58. The van der Waals surface area contributed by atoms with Crippen LogP contribution < -0.4 is 4.74 Å². The minimum Gasteiger partial charge on any atom is -0.480 e. The molecule has 0 fully saturated rings. The molecule has 2 heterocycles. The Morgan fingerprint density at radius 1 is 1.33 bits per heavy atom. The Kier molecular flexibility index (Phi) is 1.59. The highest BCUT2D eigenvalue weighted by Crippen LogP contribution is 2.12. The maximum absolute atomic E-state index is 4.93. The first-order chi connectivity index (χ1) is 5.90. The Morgan fingerprint density at radius 3 is 3.08 bits per heavy atom. The second-order valence-electron chi connectivity index (χ2n) is 2.32. The van der Waals surface area contributed by atoms with Gasteiger partial charge in [-0.1, -0.05) is 0 Å². The van der Waals surface area contributed by atoms with Crippen molar-refractivity contribution in [3.8, 4) is 5.88 Å². The van der Waals surface area contributed by atoms with Crippen LogP contribution in [0.2, 0.25) is 0 Å². The van der Waals surface area contributed by atoms with Gasteiger partial charge in [0.05, 0.1) is 13.3 Å². The van der Waals surface area contributed by atoms with Crippen molar-refractivity contribution in [2.45, 2.75) is 0 Å². The summed E-state index contributed by atoms with van der Waals surface area (Å²) >= 11 is 0. The third kappa shape index (κ3) is 1.07. The molecular formula is C8H7N3O. The number of aromatic nitrogens is 3. The van der Waals surface area contributed by atoms with E-state index in [1.807, 2.05) is 12.1 Å². The van der Waals surface area contributed by atoms with Crippen LogP contribution >= 0.6 is 0 Å². The number of fused-ring (bicyclic) bond motifs is 1. The highest BCUT2D eigenvalue weighted by molar-refractivity contribution is 5.77. The van der Waals surface area contributed by atoms with Crippen molar-refractivity contribution in [1.82, 2.24) is 15.2 Å². The molecule has 0 spiro atoms. The fourth-order valence-electron chi connectivity index (χ4n) is 0.967. The SMILES string of the molecule is COc1cc2ccncc2nn1. The first-order valence-electron chi connectivity index (χ1n) is 3.51. The van der Waals surface area contributed by atoms with Crippen LogP contribution in [-0.2, 0) is 0 Å². The number of nitrogens with zero attached hydrogens (tertiary/aromatic N) is 3. The lowest BCUT2D eigenvalue weighted by atomic mass is 10.3. The molecule has 12 heavy (non-hydrogen) atoms. The molecule has 0 unspecified atom stereocenters. The predicted octanol–water partition coefficient (Wildman–Crippen LogP) is 1.03. The molecule has 4 heteroatoms. The van der Waals surface area contributed by atoms with Crippen LogP contribution in [0.5, 0.6) is 5.88 Å². The summed E-state index contributed by atoms with van der Waals surface area (Å²) in [7, 11) is 1.57. The van der Waals surface area contributed by atoms with Gasteiger partial charge in [-0.25, -0.2) is 0 Å². The quantitative estimate of drug-likeness (QED) is 0.626. The van der Waals surface area contributed by atoms with E-state index in [-0.39, 0.29) is 0 Å². The second kappa shape index (κ2) is 2.73. The molecule has 0 aliphatic rings. The minimum atomic E-state index is 0.522. The first kappa shape index (κ1) is 6.97. The molecule has 2 rings (SSSR count). The minimum absolute atomic E-state index is 0.522. The summed E-state index contributed by atoms with van der Waals surface area (Å²) in [6, 6.07) is 3.69. The number of hydrogen-bond acceptors (Lipinski definition) is 4. The zero-order chi connectivity index (χ0) is 8.39. The van der Waals surface area contributed by atoms with Gasteiger partial charge in [-0.15, -0.1) is 10.2 Å². The van der Waals surface area contributed by atoms with Crippen molar-refractivity contribution < 1.29 is 4.74 Å². The Labute approximate surface area is 69.2 Å². The molecule has 0 aromatic carbocycles. The summed E-state index contributed by atoms with van der Waals surface area (Å²) in [5.41, 5.74) is 0.776. The summed E-state index contributed by atoms with van der Waals surface area (Å²) in [5.74, 6) is 0.522. The van der Waals surface area contributed by atoms with Crippen molar-refractivity contribution in [2.75, 3.05) is 7.11 Å². The highest BCUT2D eigenvalue weighted by Gasteiger charge is 1.97. The topological polar surface area (TPSA) is 47.9 Å². The molecule has 2 aromatic rings. The molecule has 0 atom stereocenters.